The number of carbonyl (C=O) groups excluding carboxylic acids is 1. The van der Waals surface area contributed by atoms with Crippen molar-refractivity contribution in [1.29, 1.82) is 0 Å². The molecule has 3 rings (SSSR count). The Morgan fingerprint density at radius 2 is 2.18 bits per heavy atom. The Morgan fingerprint density at radius 1 is 1.29 bits per heavy atom. The van der Waals surface area contributed by atoms with Crippen molar-refractivity contribution in [1.82, 2.24) is 5.32 Å². The fourth-order valence-electron chi connectivity index (χ4n) is 2.75. The number of benzene rings is 1. The molecule has 1 N–H and O–H groups in total. The Balaban J connectivity index is 2.08. The first-order valence-corrected chi connectivity index (χ1v) is 6.51. The van der Waals surface area contributed by atoms with Crippen molar-refractivity contribution >= 4 is 23.2 Å². The molecule has 2 aliphatic rings. The van der Waals surface area contributed by atoms with Crippen LogP contribution in [-0.4, -0.2) is 18.6 Å². The van der Waals surface area contributed by atoms with Crippen LogP contribution in [0.3, 0.4) is 0 Å². The van der Waals surface area contributed by atoms with Gasteiger partial charge in [-0.3, -0.25) is 4.79 Å². The third-order valence-electron chi connectivity index (χ3n) is 3.58. The van der Waals surface area contributed by atoms with Gasteiger partial charge in [0.05, 0.1) is 16.3 Å². The molecule has 0 bridgehead atoms. The zero-order valence-electron chi connectivity index (χ0n) is 9.58. The third-order valence-corrected chi connectivity index (χ3v) is 3.89. The van der Waals surface area contributed by atoms with Crippen LogP contribution in [0.25, 0.3) is 0 Å². The van der Waals surface area contributed by atoms with Crippen LogP contribution in [0.15, 0.2) is 18.2 Å². The van der Waals surface area contributed by atoms with E-state index < -0.39 is 0 Å². The molecule has 1 aromatic carbocycles. The number of anilines is 1. The van der Waals surface area contributed by atoms with E-state index in [1.165, 1.54) is 19.3 Å². The highest BCUT2D eigenvalue weighted by molar-refractivity contribution is 6.34. The molecule has 3 nitrogen and oxygen atoms in total. The zero-order chi connectivity index (χ0) is 11.8. The maximum atomic E-state index is 12.1. The summed E-state index contributed by atoms with van der Waals surface area (Å²) in [6.45, 7) is 0.998. The number of hydrogen-bond acceptors (Lipinski definition) is 2. The minimum absolute atomic E-state index is 0.0336. The Kier molecular flexibility index (Phi) is 2.71. The molecule has 0 aromatic heterocycles. The summed E-state index contributed by atoms with van der Waals surface area (Å²) >= 11 is 6.12. The lowest BCUT2D eigenvalue weighted by Gasteiger charge is -2.38. The summed E-state index contributed by atoms with van der Waals surface area (Å²) < 4.78 is 0. The van der Waals surface area contributed by atoms with E-state index in [1.807, 2.05) is 12.1 Å². The Bertz CT molecular complexity index is 461. The van der Waals surface area contributed by atoms with E-state index in [-0.39, 0.29) is 12.1 Å². The van der Waals surface area contributed by atoms with Gasteiger partial charge in [0.15, 0.2) is 0 Å². The maximum absolute atomic E-state index is 12.1. The average molecular weight is 251 g/mol. The molecule has 1 fully saturated rings. The van der Waals surface area contributed by atoms with Crippen LogP contribution in [0.1, 0.15) is 36.0 Å². The number of rotatable bonds is 0. The minimum atomic E-state index is -0.0336. The van der Waals surface area contributed by atoms with Gasteiger partial charge >= 0.3 is 0 Å². The molecule has 0 spiro atoms. The molecule has 90 valence electrons. The molecule has 0 aliphatic carbocycles. The first kappa shape index (κ1) is 10.9. The number of nitrogens with zero attached hydrogens (tertiary/aromatic N) is 1. The normalized spacial score (nSPS) is 23.5. The van der Waals surface area contributed by atoms with Gasteiger partial charge in [-0.05, 0) is 31.4 Å². The molecule has 2 heterocycles. The molecule has 1 amide bonds. The highest BCUT2D eigenvalue weighted by Gasteiger charge is 2.32. The Labute approximate surface area is 106 Å². The highest BCUT2D eigenvalue weighted by Crippen LogP contribution is 2.34. The van der Waals surface area contributed by atoms with Gasteiger partial charge in [0.25, 0.3) is 5.91 Å². The van der Waals surface area contributed by atoms with E-state index in [0.717, 1.165) is 18.7 Å². The van der Waals surface area contributed by atoms with E-state index in [9.17, 15) is 4.79 Å². The molecule has 1 saturated heterocycles. The topological polar surface area (TPSA) is 32.3 Å². The number of hydrogen-bond donors (Lipinski definition) is 1. The lowest BCUT2D eigenvalue weighted by molar-refractivity contribution is 0.0926. The number of amides is 1. The maximum Gasteiger partial charge on any atom is 0.256 e. The number of nitrogens with one attached hydrogen (secondary N) is 1. The van der Waals surface area contributed by atoms with Crippen molar-refractivity contribution in [2.24, 2.45) is 0 Å². The molecule has 0 unspecified atom stereocenters. The van der Waals surface area contributed by atoms with Crippen molar-refractivity contribution in [2.45, 2.75) is 31.8 Å². The summed E-state index contributed by atoms with van der Waals surface area (Å²) in [5.41, 5.74) is 1.63. The van der Waals surface area contributed by atoms with Crippen LogP contribution < -0.4 is 10.2 Å². The summed E-state index contributed by atoms with van der Waals surface area (Å²) in [5.74, 6) is -0.0336. The quantitative estimate of drug-likeness (QED) is 0.768. The third kappa shape index (κ3) is 1.78. The molecule has 1 atom stereocenters. The van der Waals surface area contributed by atoms with Crippen LogP contribution >= 0.6 is 11.6 Å². The van der Waals surface area contributed by atoms with Gasteiger partial charge in [-0.2, -0.15) is 0 Å². The molecule has 17 heavy (non-hydrogen) atoms. The van der Waals surface area contributed by atoms with Crippen molar-refractivity contribution in [3.8, 4) is 0 Å². The Morgan fingerprint density at radius 3 is 3.06 bits per heavy atom. The second kappa shape index (κ2) is 4.22. The lowest BCUT2D eigenvalue weighted by atomic mass is 10.1. The summed E-state index contributed by atoms with van der Waals surface area (Å²) in [7, 11) is 0. The largest absolute Gasteiger partial charge is 0.351 e. The van der Waals surface area contributed by atoms with Crippen LogP contribution in [0.5, 0.6) is 0 Å². The van der Waals surface area contributed by atoms with Gasteiger partial charge in [-0.15, -0.1) is 0 Å². The summed E-state index contributed by atoms with van der Waals surface area (Å²) in [5, 5.41) is 3.60. The van der Waals surface area contributed by atoms with E-state index in [2.05, 4.69) is 10.2 Å². The van der Waals surface area contributed by atoms with Gasteiger partial charge in [0.2, 0.25) is 0 Å². The fraction of sp³-hybridized carbons (Fsp3) is 0.462. The van der Waals surface area contributed by atoms with Crippen LogP contribution in [0, 0.1) is 0 Å². The van der Waals surface area contributed by atoms with Gasteiger partial charge in [0, 0.05) is 6.54 Å². The van der Waals surface area contributed by atoms with Crippen molar-refractivity contribution in [3.63, 3.8) is 0 Å². The van der Waals surface area contributed by atoms with E-state index in [0.29, 0.717) is 10.6 Å². The summed E-state index contributed by atoms with van der Waals surface area (Å²) in [6, 6.07) is 5.69. The lowest BCUT2D eigenvalue weighted by Crippen LogP contribution is -2.52. The van der Waals surface area contributed by atoms with Crippen molar-refractivity contribution in [3.05, 3.63) is 28.8 Å². The number of fused-ring (bicyclic) bond motifs is 3. The van der Waals surface area contributed by atoms with Crippen LogP contribution in [0.4, 0.5) is 5.69 Å². The summed E-state index contributed by atoms with van der Waals surface area (Å²) in [6.07, 6.45) is 4.77. The number of halogens is 1. The van der Waals surface area contributed by atoms with E-state index in [1.54, 1.807) is 6.07 Å². The first-order valence-electron chi connectivity index (χ1n) is 6.13. The molecule has 0 radical (unpaired) electrons. The van der Waals surface area contributed by atoms with E-state index >= 15 is 0 Å². The molecule has 2 aliphatic heterocycles. The highest BCUT2D eigenvalue weighted by atomic mass is 35.5. The molecule has 4 heteroatoms. The van der Waals surface area contributed by atoms with Crippen molar-refractivity contribution < 1.29 is 4.79 Å². The van der Waals surface area contributed by atoms with Gasteiger partial charge in [-0.25, -0.2) is 0 Å². The fourth-order valence-corrected chi connectivity index (χ4v) is 3.00. The zero-order valence-corrected chi connectivity index (χ0v) is 10.3. The summed E-state index contributed by atoms with van der Waals surface area (Å²) in [4.78, 5) is 14.3. The number of carbonyl (C=O) groups is 1. The molecular weight excluding hydrogens is 236 g/mol. The first-order chi connectivity index (χ1) is 8.27. The molecule has 1 aromatic rings. The van der Waals surface area contributed by atoms with Gasteiger partial charge in [0.1, 0.15) is 6.17 Å². The SMILES string of the molecule is O=C1N[C@H]2CCCCCN2c2cccc(Cl)c21. The molecular formula is C13H15ClN2O. The standard InChI is InChI=1S/C13H15ClN2O/c14-9-5-4-6-10-12(9)13(17)15-11-7-2-1-3-8-16(10)11/h4-6,11H,1-3,7-8H2,(H,15,17)/t11-/m1/s1. The Hall–Kier alpha value is -1.22. The second-order valence-corrected chi connectivity index (χ2v) is 5.07. The molecule has 0 saturated carbocycles. The average Bonchev–Trinajstić information content (AvgIpc) is 2.54. The van der Waals surface area contributed by atoms with E-state index in [4.69, 9.17) is 11.6 Å². The predicted octanol–water partition coefficient (Wildman–Crippen LogP) is 2.79. The smallest absolute Gasteiger partial charge is 0.256 e. The van der Waals surface area contributed by atoms with Crippen LogP contribution in [-0.2, 0) is 0 Å². The monoisotopic (exact) mass is 250 g/mol. The predicted molar refractivity (Wildman–Crippen MR) is 68.5 cm³/mol. The van der Waals surface area contributed by atoms with Crippen LogP contribution in [0.2, 0.25) is 5.02 Å². The minimum Gasteiger partial charge on any atom is -0.351 e. The van der Waals surface area contributed by atoms with Gasteiger partial charge < -0.3 is 10.2 Å². The van der Waals surface area contributed by atoms with Gasteiger partial charge in [-0.1, -0.05) is 24.1 Å². The van der Waals surface area contributed by atoms with Crippen molar-refractivity contribution in [2.75, 3.05) is 11.4 Å². The second-order valence-electron chi connectivity index (χ2n) is 4.67.